The van der Waals surface area contributed by atoms with E-state index in [4.69, 9.17) is 32.7 Å². The van der Waals surface area contributed by atoms with Crippen LogP contribution in [0.15, 0.2) is 58.5 Å². The van der Waals surface area contributed by atoms with Crippen molar-refractivity contribution in [2.45, 2.75) is 0 Å². The highest BCUT2D eigenvalue weighted by molar-refractivity contribution is 7.07. The Kier molecular flexibility index (Phi) is 7.20. The van der Waals surface area contributed by atoms with Gasteiger partial charge in [0.1, 0.15) is 0 Å². The largest absolute Gasteiger partial charge is 0.502 e. The minimum absolute atomic E-state index is 0.0755. The van der Waals surface area contributed by atoms with Crippen molar-refractivity contribution in [3.8, 4) is 28.5 Å². The first-order valence-electron chi connectivity index (χ1n) is 8.75. The first-order chi connectivity index (χ1) is 14.5. The fourth-order valence-electron chi connectivity index (χ4n) is 2.65. The molecule has 3 rings (SSSR count). The number of phenolic OH excluding ortho intramolecular Hbond substituents is 1. The first kappa shape index (κ1) is 22.0. The van der Waals surface area contributed by atoms with Gasteiger partial charge in [0.25, 0.3) is 0 Å². The average molecular weight is 464 g/mol. The molecular formula is C21H19Cl2N3O3S. The van der Waals surface area contributed by atoms with Crippen molar-refractivity contribution in [2.75, 3.05) is 20.8 Å². The Morgan fingerprint density at radius 1 is 1.17 bits per heavy atom. The van der Waals surface area contributed by atoms with Crippen molar-refractivity contribution in [3.05, 3.63) is 68.8 Å². The van der Waals surface area contributed by atoms with Crippen LogP contribution in [0.1, 0.15) is 5.56 Å². The van der Waals surface area contributed by atoms with Crippen LogP contribution in [0.25, 0.3) is 11.3 Å². The fourth-order valence-corrected chi connectivity index (χ4v) is 3.88. The van der Waals surface area contributed by atoms with Crippen LogP contribution in [0.3, 0.4) is 0 Å². The van der Waals surface area contributed by atoms with Crippen LogP contribution in [0.5, 0.6) is 17.2 Å². The first-order valence-corrected chi connectivity index (χ1v) is 10.4. The summed E-state index contributed by atoms with van der Waals surface area (Å²) in [5.41, 5.74) is 2.14. The number of hydrogen-bond acceptors (Lipinski definition) is 6. The average Bonchev–Trinajstić information content (AvgIpc) is 3.15. The van der Waals surface area contributed by atoms with Crippen LogP contribution in [-0.2, 0) is 0 Å². The molecule has 0 saturated carbocycles. The van der Waals surface area contributed by atoms with Gasteiger partial charge in [0.05, 0.1) is 37.7 Å². The van der Waals surface area contributed by atoms with E-state index in [9.17, 15) is 5.11 Å². The van der Waals surface area contributed by atoms with Crippen molar-refractivity contribution >= 4 is 40.8 Å². The van der Waals surface area contributed by atoms with E-state index in [1.165, 1.54) is 25.6 Å². The smallest absolute Gasteiger partial charge is 0.206 e. The maximum Gasteiger partial charge on any atom is 0.206 e. The molecule has 1 aromatic heterocycles. The molecule has 0 unspecified atom stereocenters. The topological polar surface area (TPSA) is 68.3 Å². The lowest BCUT2D eigenvalue weighted by Gasteiger charge is -2.09. The van der Waals surface area contributed by atoms with Gasteiger partial charge in [-0.05, 0) is 30.3 Å². The summed E-state index contributed by atoms with van der Waals surface area (Å²) < 4.78 is 12.1. The van der Waals surface area contributed by atoms with Gasteiger partial charge in [-0.15, -0.1) is 17.9 Å². The number of nitrogens with zero attached hydrogens (tertiary/aromatic N) is 3. The number of hydrogen-bond donors (Lipinski definition) is 1. The van der Waals surface area contributed by atoms with Gasteiger partial charge in [0.15, 0.2) is 11.5 Å². The lowest BCUT2D eigenvalue weighted by atomic mass is 10.2. The minimum atomic E-state index is -0.0755. The molecule has 0 radical (unpaired) electrons. The second-order valence-corrected chi connectivity index (χ2v) is 7.67. The standard InChI is InChI=1S/C21H19Cl2N3O3S/c1-4-7-24-21-26(17(12-30-21)15-10-14(22)5-6-16(15)23)25-11-13-8-18(28-2)20(27)19(9-13)29-3/h4-6,8-12,27H,1,7H2,2-3H3. The number of halogens is 2. The third-order valence-electron chi connectivity index (χ3n) is 4.07. The number of methoxy groups -OCH3 is 2. The van der Waals surface area contributed by atoms with Crippen LogP contribution in [-0.4, -0.2) is 36.8 Å². The van der Waals surface area contributed by atoms with E-state index >= 15 is 0 Å². The summed E-state index contributed by atoms with van der Waals surface area (Å²) in [4.78, 5) is 5.16. The van der Waals surface area contributed by atoms with Gasteiger partial charge in [0.2, 0.25) is 10.6 Å². The monoisotopic (exact) mass is 463 g/mol. The molecule has 3 aromatic rings. The zero-order valence-corrected chi connectivity index (χ0v) is 18.6. The Balaban J connectivity index is 2.14. The summed E-state index contributed by atoms with van der Waals surface area (Å²) in [5.74, 6) is 0.481. The minimum Gasteiger partial charge on any atom is -0.502 e. The Labute approximate surface area is 188 Å². The number of phenols is 1. The third kappa shape index (κ3) is 4.70. The van der Waals surface area contributed by atoms with Gasteiger partial charge in [-0.2, -0.15) is 5.10 Å². The highest BCUT2D eigenvalue weighted by atomic mass is 35.5. The molecular weight excluding hydrogens is 445 g/mol. The molecule has 2 aromatic carbocycles. The highest BCUT2D eigenvalue weighted by Crippen LogP contribution is 2.36. The Bertz CT molecular complexity index is 1140. The zero-order valence-electron chi connectivity index (χ0n) is 16.3. The number of aromatic nitrogens is 1. The van der Waals surface area contributed by atoms with E-state index in [1.807, 2.05) is 5.38 Å². The maximum atomic E-state index is 10.1. The van der Waals surface area contributed by atoms with Crippen LogP contribution < -0.4 is 14.3 Å². The van der Waals surface area contributed by atoms with Gasteiger partial charge in [0, 0.05) is 21.5 Å². The summed E-state index contributed by atoms with van der Waals surface area (Å²) in [6.45, 7) is 4.15. The van der Waals surface area contributed by atoms with Crippen molar-refractivity contribution in [1.82, 2.24) is 4.68 Å². The van der Waals surface area contributed by atoms with Gasteiger partial charge in [-0.25, -0.2) is 4.68 Å². The molecule has 0 atom stereocenters. The summed E-state index contributed by atoms with van der Waals surface area (Å²) in [6.07, 6.45) is 3.32. The molecule has 9 heteroatoms. The summed E-state index contributed by atoms with van der Waals surface area (Å²) >= 11 is 14.0. The normalized spacial score (nSPS) is 11.8. The number of thiazole rings is 1. The zero-order chi connectivity index (χ0) is 21.7. The molecule has 0 spiro atoms. The fraction of sp³-hybridized carbons (Fsp3) is 0.143. The third-order valence-corrected chi connectivity index (χ3v) is 5.49. The second-order valence-electron chi connectivity index (χ2n) is 5.99. The highest BCUT2D eigenvalue weighted by Gasteiger charge is 2.13. The maximum absolute atomic E-state index is 10.1. The number of ether oxygens (including phenoxy) is 2. The Morgan fingerprint density at radius 2 is 1.87 bits per heavy atom. The molecule has 30 heavy (non-hydrogen) atoms. The van der Waals surface area contributed by atoms with Crippen molar-refractivity contribution in [3.63, 3.8) is 0 Å². The van der Waals surface area contributed by atoms with E-state index < -0.39 is 0 Å². The Hall–Kier alpha value is -2.74. The molecule has 156 valence electrons. The molecule has 0 saturated heterocycles. The number of rotatable bonds is 7. The second kappa shape index (κ2) is 9.84. The number of benzene rings is 2. The summed E-state index contributed by atoms with van der Waals surface area (Å²) in [6, 6.07) is 8.55. The Morgan fingerprint density at radius 3 is 2.50 bits per heavy atom. The molecule has 0 bridgehead atoms. The van der Waals surface area contributed by atoms with Crippen molar-refractivity contribution in [1.29, 1.82) is 0 Å². The lowest BCUT2D eigenvalue weighted by molar-refractivity contribution is 0.340. The SMILES string of the molecule is C=CCN=c1scc(-c2cc(Cl)ccc2Cl)n1N=Cc1cc(OC)c(O)c(OC)c1. The van der Waals surface area contributed by atoms with Crippen LogP contribution >= 0.6 is 34.5 Å². The molecule has 0 aliphatic carbocycles. The predicted molar refractivity (Wildman–Crippen MR) is 123 cm³/mol. The summed E-state index contributed by atoms with van der Waals surface area (Å²) in [5, 5.41) is 17.7. The van der Waals surface area contributed by atoms with E-state index in [0.29, 0.717) is 27.0 Å². The van der Waals surface area contributed by atoms with Crippen LogP contribution in [0, 0.1) is 0 Å². The van der Waals surface area contributed by atoms with Gasteiger partial charge >= 0.3 is 0 Å². The van der Waals surface area contributed by atoms with Gasteiger partial charge in [-0.3, -0.25) is 4.99 Å². The van der Waals surface area contributed by atoms with Crippen LogP contribution in [0.4, 0.5) is 0 Å². The molecule has 1 N–H and O–H groups in total. The van der Waals surface area contributed by atoms with E-state index in [-0.39, 0.29) is 17.2 Å². The predicted octanol–water partition coefficient (Wildman–Crippen LogP) is 5.22. The number of aromatic hydroxyl groups is 1. The molecule has 0 fully saturated rings. The van der Waals surface area contributed by atoms with Crippen molar-refractivity contribution in [2.24, 2.45) is 10.1 Å². The van der Waals surface area contributed by atoms with E-state index in [2.05, 4.69) is 16.7 Å². The van der Waals surface area contributed by atoms with Crippen molar-refractivity contribution < 1.29 is 14.6 Å². The van der Waals surface area contributed by atoms with E-state index in [1.54, 1.807) is 47.3 Å². The quantitative estimate of drug-likeness (QED) is 0.385. The molecule has 0 aliphatic rings. The molecule has 6 nitrogen and oxygen atoms in total. The molecule has 1 heterocycles. The van der Waals surface area contributed by atoms with Gasteiger partial charge in [-0.1, -0.05) is 29.3 Å². The summed E-state index contributed by atoms with van der Waals surface area (Å²) in [7, 11) is 2.93. The van der Waals surface area contributed by atoms with Gasteiger partial charge < -0.3 is 14.6 Å². The van der Waals surface area contributed by atoms with E-state index in [0.717, 1.165) is 11.3 Å². The lowest BCUT2D eigenvalue weighted by Crippen LogP contribution is -2.12. The van der Waals surface area contributed by atoms with Crippen LogP contribution in [0.2, 0.25) is 10.0 Å². The molecule has 0 amide bonds. The molecule has 0 aliphatic heterocycles.